The standard InChI is InChI=1S/C36H49N5O7S/c1-35(2)47-32-28-21-25(46-8)15-17-26(28)31-30(23-12-10-9-11-13-23)27-16-14-24(33(42)37-49(44,45)39(5)6)20-29(27)41(31)22-36(32,48-35)34(43)40(7)19-18-38(3)4/h14-17,20-21,23,32H,9-13,18-19,22H2,1-8H3,(H,37,42)/t32-,36+/m0/s1. The van der Waals surface area contributed by atoms with Gasteiger partial charge < -0.3 is 28.6 Å². The second kappa shape index (κ2) is 13.0. The lowest BCUT2D eigenvalue weighted by Gasteiger charge is -2.35. The Balaban J connectivity index is 1.64. The zero-order chi connectivity index (χ0) is 35.5. The van der Waals surface area contributed by atoms with Crippen molar-refractivity contribution in [1.82, 2.24) is 23.4 Å². The SMILES string of the molecule is COc1ccc2c(c1)[C@@H]1OC(C)(C)O[C@]1(C(=O)N(C)CCN(C)C)Cn1c-2c(C2CCCCC2)c2ccc(C(=O)NS(=O)(=O)N(C)C)cc21. The van der Waals surface area contributed by atoms with E-state index in [0.717, 1.165) is 63.3 Å². The molecule has 0 bridgehead atoms. The van der Waals surface area contributed by atoms with Crippen LogP contribution in [0, 0.1) is 0 Å². The molecule has 49 heavy (non-hydrogen) atoms. The van der Waals surface area contributed by atoms with Crippen LogP contribution in [0.5, 0.6) is 5.75 Å². The van der Waals surface area contributed by atoms with Gasteiger partial charge in [0.05, 0.1) is 19.3 Å². The molecule has 12 nitrogen and oxygen atoms in total. The smallest absolute Gasteiger partial charge is 0.303 e. The molecule has 3 heterocycles. The van der Waals surface area contributed by atoms with Gasteiger partial charge in [-0.05, 0) is 88.2 Å². The predicted molar refractivity (Wildman–Crippen MR) is 188 cm³/mol. The molecule has 2 fully saturated rings. The lowest BCUT2D eigenvalue weighted by atomic mass is 9.80. The number of benzene rings is 2. The Hall–Kier alpha value is -3.49. The Kier molecular flexibility index (Phi) is 9.38. The Morgan fingerprint density at radius 1 is 1.00 bits per heavy atom. The van der Waals surface area contributed by atoms with E-state index in [4.69, 9.17) is 14.2 Å². The van der Waals surface area contributed by atoms with Crippen LogP contribution in [0.1, 0.15) is 79.5 Å². The Morgan fingerprint density at radius 2 is 1.71 bits per heavy atom. The number of hydrogen-bond donors (Lipinski definition) is 1. The third-order valence-corrected chi connectivity index (χ3v) is 11.5. The Bertz CT molecular complexity index is 1880. The number of fused-ring (bicyclic) bond motifs is 7. The van der Waals surface area contributed by atoms with Gasteiger partial charge in [0.15, 0.2) is 11.4 Å². The third kappa shape index (κ3) is 6.35. The average molecular weight is 696 g/mol. The van der Waals surface area contributed by atoms with E-state index in [1.807, 2.05) is 57.1 Å². The molecule has 3 aliphatic rings. The van der Waals surface area contributed by atoms with Crippen LogP contribution in [0.2, 0.25) is 0 Å². The minimum Gasteiger partial charge on any atom is -0.497 e. The van der Waals surface area contributed by atoms with Crippen LogP contribution in [0.4, 0.5) is 0 Å². The van der Waals surface area contributed by atoms with E-state index in [-0.39, 0.29) is 23.9 Å². The molecule has 1 aliphatic carbocycles. The van der Waals surface area contributed by atoms with Crippen molar-refractivity contribution >= 4 is 32.9 Å². The van der Waals surface area contributed by atoms with Crippen LogP contribution < -0.4 is 9.46 Å². The van der Waals surface area contributed by atoms with Gasteiger partial charge in [0.1, 0.15) is 11.9 Å². The molecule has 1 aromatic heterocycles. The number of carbonyl (C=O) groups excluding carboxylic acids is 2. The largest absolute Gasteiger partial charge is 0.497 e. The molecule has 0 radical (unpaired) electrons. The number of aromatic nitrogens is 1. The number of rotatable bonds is 9. The van der Waals surface area contributed by atoms with Crippen LogP contribution in [0.25, 0.3) is 22.2 Å². The molecule has 3 aromatic rings. The Labute approximate surface area is 289 Å². The number of nitrogens with one attached hydrogen (secondary N) is 1. The van der Waals surface area contributed by atoms with E-state index in [1.54, 1.807) is 31.2 Å². The first-order valence-corrected chi connectivity index (χ1v) is 18.4. The molecular formula is C36H49N5O7S. The van der Waals surface area contributed by atoms with Crippen molar-refractivity contribution in [2.24, 2.45) is 0 Å². The molecule has 13 heteroatoms. The second-order valence-corrected chi connectivity index (χ2v) is 16.4. The van der Waals surface area contributed by atoms with Gasteiger partial charge in [0.2, 0.25) is 0 Å². The molecule has 1 saturated heterocycles. The molecule has 1 N–H and O–H groups in total. The highest BCUT2D eigenvalue weighted by molar-refractivity contribution is 7.87. The van der Waals surface area contributed by atoms with Gasteiger partial charge in [-0.3, -0.25) is 9.59 Å². The predicted octanol–water partition coefficient (Wildman–Crippen LogP) is 4.50. The van der Waals surface area contributed by atoms with Crippen molar-refractivity contribution in [3.05, 3.63) is 53.1 Å². The lowest BCUT2D eigenvalue weighted by Crippen LogP contribution is -2.54. The van der Waals surface area contributed by atoms with Crippen LogP contribution in [0.3, 0.4) is 0 Å². The summed E-state index contributed by atoms with van der Waals surface area (Å²) in [6.45, 7) is 4.91. The number of likely N-dealkylation sites (N-methyl/N-ethyl adjacent to an activating group) is 2. The minimum absolute atomic E-state index is 0.114. The summed E-state index contributed by atoms with van der Waals surface area (Å²) in [5.74, 6) is -1.15. The van der Waals surface area contributed by atoms with Gasteiger partial charge in [-0.2, -0.15) is 12.7 Å². The number of methoxy groups -OCH3 is 1. The van der Waals surface area contributed by atoms with E-state index in [1.165, 1.54) is 20.5 Å². The summed E-state index contributed by atoms with van der Waals surface area (Å²) in [4.78, 5) is 32.1. The zero-order valence-electron chi connectivity index (χ0n) is 29.8. The van der Waals surface area contributed by atoms with E-state index in [9.17, 15) is 18.0 Å². The highest BCUT2D eigenvalue weighted by Gasteiger charge is 2.62. The van der Waals surface area contributed by atoms with Gasteiger partial charge in [-0.1, -0.05) is 25.3 Å². The Morgan fingerprint density at radius 3 is 2.37 bits per heavy atom. The number of amides is 2. The lowest BCUT2D eigenvalue weighted by molar-refractivity contribution is -0.182. The van der Waals surface area contributed by atoms with E-state index in [0.29, 0.717) is 18.8 Å². The van der Waals surface area contributed by atoms with Crippen LogP contribution in [0.15, 0.2) is 36.4 Å². The van der Waals surface area contributed by atoms with Crippen molar-refractivity contribution in [1.29, 1.82) is 0 Å². The van der Waals surface area contributed by atoms with Crippen molar-refractivity contribution < 1.29 is 32.2 Å². The maximum atomic E-state index is 14.9. The number of hydrogen-bond acceptors (Lipinski definition) is 8. The third-order valence-electron chi connectivity index (χ3n) is 10.1. The first-order chi connectivity index (χ1) is 23.1. The van der Waals surface area contributed by atoms with Crippen LogP contribution in [-0.4, -0.2) is 106 Å². The molecule has 2 amide bonds. The molecule has 1 saturated carbocycles. The van der Waals surface area contributed by atoms with E-state index >= 15 is 0 Å². The second-order valence-electron chi connectivity index (χ2n) is 14.5. The normalized spacial score (nSPS) is 22.0. The van der Waals surface area contributed by atoms with Gasteiger partial charge in [-0.15, -0.1) is 0 Å². The molecule has 266 valence electrons. The van der Waals surface area contributed by atoms with Crippen molar-refractivity contribution in [3.63, 3.8) is 0 Å². The summed E-state index contributed by atoms with van der Waals surface area (Å²) in [7, 11) is 6.05. The van der Waals surface area contributed by atoms with Gasteiger partial charge >= 0.3 is 10.2 Å². The monoisotopic (exact) mass is 695 g/mol. The van der Waals surface area contributed by atoms with Crippen molar-refractivity contribution in [2.75, 3.05) is 55.4 Å². The maximum absolute atomic E-state index is 14.9. The first-order valence-electron chi connectivity index (χ1n) is 17.0. The summed E-state index contributed by atoms with van der Waals surface area (Å²) in [6.07, 6.45) is 4.66. The summed E-state index contributed by atoms with van der Waals surface area (Å²) >= 11 is 0. The molecule has 2 aliphatic heterocycles. The quantitative estimate of drug-likeness (QED) is 0.348. The molecule has 2 atom stereocenters. The fourth-order valence-electron chi connectivity index (χ4n) is 7.70. The molecule has 2 aromatic carbocycles. The number of ether oxygens (including phenoxy) is 3. The van der Waals surface area contributed by atoms with Gasteiger partial charge in [-0.25, -0.2) is 4.72 Å². The number of carbonyl (C=O) groups is 2. The number of nitrogens with zero attached hydrogens (tertiary/aromatic N) is 4. The highest BCUT2D eigenvalue weighted by atomic mass is 32.2. The summed E-state index contributed by atoms with van der Waals surface area (Å²) in [6, 6.07) is 11.3. The fourth-order valence-corrected chi connectivity index (χ4v) is 8.24. The van der Waals surface area contributed by atoms with E-state index < -0.39 is 33.6 Å². The molecular weight excluding hydrogens is 646 g/mol. The van der Waals surface area contributed by atoms with Crippen LogP contribution in [-0.2, 0) is 31.0 Å². The summed E-state index contributed by atoms with van der Waals surface area (Å²) < 4.78 is 49.7. The van der Waals surface area contributed by atoms with Gasteiger partial charge in [0, 0.05) is 56.3 Å². The average Bonchev–Trinajstić information content (AvgIpc) is 3.49. The zero-order valence-corrected chi connectivity index (χ0v) is 30.6. The minimum atomic E-state index is -4.02. The van der Waals surface area contributed by atoms with Crippen molar-refractivity contribution in [3.8, 4) is 17.0 Å². The summed E-state index contributed by atoms with van der Waals surface area (Å²) in [5.41, 5.74) is 3.28. The maximum Gasteiger partial charge on any atom is 0.303 e. The van der Waals surface area contributed by atoms with Gasteiger partial charge in [0.25, 0.3) is 11.8 Å². The topological polar surface area (TPSA) is 123 Å². The highest BCUT2D eigenvalue weighted by Crippen LogP contribution is 2.56. The van der Waals surface area contributed by atoms with Crippen LogP contribution >= 0.6 is 0 Å². The summed E-state index contributed by atoms with van der Waals surface area (Å²) in [5, 5.41) is 0.968. The first kappa shape index (κ1) is 35.3. The van der Waals surface area contributed by atoms with Crippen molar-refractivity contribution in [2.45, 2.75) is 75.9 Å². The molecule has 0 spiro atoms. The van der Waals surface area contributed by atoms with E-state index in [2.05, 4.69) is 9.29 Å². The molecule has 0 unspecified atom stereocenters. The fraction of sp³-hybridized carbons (Fsp3) is 0.556. The molecule has 6 rings (SSSR count).